The molecule has 1 N–H and O–H groups in total. The molecule has 1 aliphatic heterocycles. The smallest absolute Gasteiger partial charge is 0.0882 e. The zero-order valence-electron chi connectivity index (χ0n) is 14.1. The normalized spacial score (nSPS) is 44.5. The van der Waals surface area contributed by atoms with Crippen molar-refractivity contribution in [1.82, 2.24) is 0 Å². The standard InChI is InChI=1S/C18H31NO2/c1-5-16(4)12-18(20,10-11-21-16)17(13-19)8-6-15(7-9-17)14(2)3/h14-15,20H,5-12H2,1-4H3. The number of aliphatic hydroxyl groups is 1. The highest BCUT2D eigenvalue weighted by atomic mass is 16.5. The van der Waals surface area contributed by atoms with E-state index in [1.54, 1.807) is 0 Å². The van der Waals surface area contributed by atoms with Crippen LogP contribution in [-0.2, 0) is 4.74 Å². The molecule has 0 aromatic heterocycles. The van der Waals surface area contributed by atoms with Gasteiger partial charge in [0.25, 0.3) is 0 Å². The average Bonchev–Trinajstić information content (AvgIpc) is 2.47. The number of hydrogen-bond acceptors (Lipinski definition) is 3. The first-order chi connectivity index (χ1) is 9.80. The largest absolute Gasteiger partial charge is 0.388 e. The van der Waals surface area contributed by atoms with Gasteiger partial charge in [0.2, 0.25) is 0 Å². The molecular formula is C18H31NO2. The van der Waals surface area contributed by atoms with Gasteiger partial charge in [-0.1, -0.05) is 20.8 Å². The predicted molar refractivity (Wildman–Crippen MR) is 83.7 cm³/mol. The summed E-state index contributed by atoms with van der Waals surface area (Å²) >= 11 is 0. The molecule has 2 atom stereocenters. The van der Waals surface area contributed by atoms with Crippen LogP contribution in [-0.4, -0.2) is 22.9 Å². The molecule has 2 rings (SSSR count). The Labute approximate surface area is 129 Å². The number of rotatable bonds is 3. The molecule has 2 aliphatic rings. The van der Waals surface area contributed by atoms with E-state index in [2.05, 4.69) is 33.8 Å². The van der Waals surface area contributed by atoms with Crippen LogP contribution in [0, 0.1) is 28.6 Å². The summed E-state index contributed by atoms with van der Waals surface area (Å²) in [6.45, 7) is 9.27. The highest BCUT2D eigenvalue weighted by molar-refractivity contribution is 5.15. The Hall–Kier alpha value is -0.590. The van der Waals surface area contributed by atoms with Crippen LogP contribution in [0.2, 0.25) is 0 Å². The third kappa shape index (κ3) is 2.98. The van der Waals surface area contributed by atoms with E-state index in [9.17, 15) is 10.4 Å². The van der Waals surface area contributed by atoms with E-state index in [0.29, 0.717) is 31.3 Å². The summed E-state index contributed by atoms with van der Waals surface area (Å²) in [4.78, 5) is 0. The zero-order valence-corrected chi connectivity index (χ0v) is 14.1. The summed E-state index contributed by atoms with van der Waals surface area (Å²) < 4.78 is 5.88. The average molecular weight is 293 g/mol. The molecule has 1 saturated carbocycles. The molecule has 1 saturated heterocycles. The number of ether oxygens (including phenoxy) is 1. The van der Waals surface area contributed by atoms with E-state index in [1.165, 1.54) is 0 Å². The molecule has 0 amide bonds. The van der Waals surface area contributed by atoms with E-state index in [-0.39, 0.29) is 5.60 Å². The highest BCUT2D eigenvalue weighted by Gasteiger charge is 2.56. The lowest BCUT2D eigenvalue weighted by molar-refractivity contribution is -0.196. The van der Waals surface area contributed by atoms with Crippen molar-refractivity contribution >= 4 is 0 Å². The van der Waals surface area contributed by atoms with Gasteiger partial charge in [-0.25, -0.2) is 0 Å². The van der Waals surface area contributed by atoms with Gasteiger partial charge in [0, 0.05) is 12.8 Å². The molecule has 2 unspecified atom stereocenters. The minimum absolute atomic E-state index is 0.286. The zero-order chi connectivity index (χ0) is 15.7. The van der Waals surface area contributed by atoms with E-state index in [4.69, 9.17) is 4.74 Å². The molecule has 1 heterocycles. The van der Waals surface area contributed by atoms with Gasteiger partial charge in [-0.2, -0.15) is 5.26 Å². The van der Waals surface area contributed by atoms with Crippen molar-refractivity contribution in [2.24, 2.45) is 17.3 Å². The molecule has 0 spiro atoms. The molecular weight excluding hydrogens is 262 g/mol. The minimum Gasteiger partial charge on any atom is -0.388 e. The van der Waals surface area contributed by atoms with Crippen molar-refractivity contribution in [2.45, 2.75) is 83.8 Å². The molecule has 2 fully saturated rings. The van der Waals surface area contributed by atoms with Crippen LogP contribution in [0.15, 0.2) is 0 Å². The lowest BCUT2D eigenvalue weighted by Crippen LogP contribution is -2.57. The van der Waals surface area contributed by atoms with Gasteiger partial charge in [-0.15, -0.1) is 0 Å². The summed E-state index contributed by atoms with van der Waals surface area (Å²) in [5.74, 6) is 1.37. The first-order valence-electron chi connectivity index (χ1n) is 8.57. The molecule has 0 radical (unpaired) electrons. The van der Waals surface area contributed by atoms with Crippen LogP contribution in [0.5, 0.6) is 0 Å². The number of hydrogen-bond donors (Lipinski definition) is 1. The fourth-order valence-corrected chi connectivity index (χ4v) is 4.34. The maximum Gasteiger partial charge on any atom is 0.0882 e. The summed E-state index contributed by atoms with van der Waals surface area (Å²) in [5.41, 5.74) is -1.74. The molecule has 0 bridgehead atoms. The second-order valence-corrected chi connectivity index (χ2v) is 7.89. The van der Waals surface area contributed by atoms with Gasteiger partial charge in [0.15, 0.2) is 0 Å². The van der Waals surface area contributed by atoms with Gasteiger partial charge in [-0.3, -0.25) is 0 Å². The van der Waals surface area contributed by atoms with Gasteiger partial charge in [0.05, 0.1) is 29.3 Å². The van der Waals surface area contributed by atoms with Crippen LogP contribution in [0.1, 0.15) is 72.6 Å². The van der Waals surface area contributed by atoms with Crippen LogP contribution < -0.4 is 0 Å². The van der Waals surface area contributed by atoms with Gasteiger partial charge >= 0.3 is 0 Å². The van der Waals surface area contributed by atoms with Crippen molar-refractivity contribution in [1.29, 1.82) is 5.26 Å². The SMILES string of the molecule is CCC1(C)CC(O)(C2(C#N)CCC(C(C)C)CC2)CCO1. The Morgan fingerprint density at radius 2 is 1.90 bits per heavy atom. The Morgan fingerprint density at radius 3 is 2.38 bits per heavy atom. The van der Waals surface area contributed by atoms with Crippen LogP contribution in [0.3, 0.4) is 0 Å². The van der Waals surface area contributed by atoms with E-state index >= 15 is 0 Å². The Bertz CT molecular complexity index is 406. The summed E-state index contributed by atoms with van der Waals surface area (Å²) in [6, 6.07) is 2.54. The first kappa shape index (κ1) is 16.8. The number of nitrogens with zero attached hydrogens (tertiary/aromatic N) is 1. The Kier molecular flexibility index (Phi) is 4.71. The molecule has 3 nitrogen and oxygen atoms in total. The predicted octanol–water partition coefficient (Wildman–Crippen LogP) is 4.05. The van der Waals surface area contributed by atoms with Crippen molar-refractivity contribution in [2.75, 3.05) is 6.61 Å². The van der Waals surface area contributed by atoms with E-state index in [0.717, 1.165) is 32.1 Å². The molecule has 1 aliphatic carbocycles. The van der Waals surface area contributed by atoms with Crippen molar-refractivity contribution in [3.8, 4) is 6.07 Å². The van der Waals surface area contributed by atoms with Crippen molar-refractivity contribution < 1.29 is 9.84 Å². The quantitative estimate of drug-likeness (QED) is 0.854. The second kappa shape index (κ2) is 5.89. The van der Waals surface area contributed by atoms with Crippen molar-refractivity contribution in [3.05, 3.63) is 0 Å². The Balaban J connectivity index is 2.19. The van der Waals surface area contributed by atoms with Gasteiger partial charge in [0.1, 0.15) is 0 Å². The Morgan fingerprint density at radius 1 is 1.29 bits per heavy atom. The molecule has 0 aromatic rings. The van der Waals surface area contributed by atoms with Crippen LogP contribution >= 0.6 is 0 Å². The van der Waals surface area contributed by atoms with Gasteiger partial charge in [-0.05, 0) is 50.9 Å². The summed E-state index contributed by atoms with van der Waals surface area (Å²) in [5, 5.41) is 21.2. The second-order valence-electron chi connectivity index (χ2n) is 7.89. The topological polar surface area (TPSA) is 53.2 Å². The third-order valence-corrected chi connectivity index (χ3v) is 6.31. The summed E-state index contributed by atoms with van der Waals surface area (Å²) in [6.07, 6.45) is 5.88. The van der Waals surface area contributed by atoms with E-state index < -0.39 is 11.0 Å². The molecule has 0 aromatic carbocycles. The maximum atomic E-state index is 11.3. The highest BCUT2D eigenvalue weighted by Crippen LogP contribution is 2.53. The minimum atomic E-state index is -0.882. The number of nitriles is 1. The molecule has 21 heavy (non-hydrogen) atoms. The maximum absolute atomic E-state index is 11.3. The lowest BCUT2D eigenvalue weighted by atomic mass is 9.57. The van der Waals surface area contributed by atoms with Crippen molar-refractivity contribution in [3.63, 3.8) is 0 Å². The first-order valence-corrected chi connectivity index (χ1v) is 8.57. The monoisotopic (exact) mass is 293 g/mol. The fraction of sp³-hybridized carbons (Fsp3) is 0.944. The molecule has 3 heteroatoms. The van der Waals surface area contributed by atoms with E-state index in [1.807, 2.05) is 0 Å². The third-order valence-electron chi connectivity index (χ3n) is 6.31. The molecule has 120 valence electrons. The van der Waals surface area contributed by atoms with Crippen LogP contribution in [0.25, 0.3) is 0 Å². The lowest BCUT2D eigenvalue weighted by Gasteiger charge is -2.52. The van der Waals surface area contributed by atoms with Crippen LogP contribution in [0.4, 0.5) is 0 Å². The summed E-state index contributed by atoms with van der Waals surface area (Å²) in [7, 11) is 0. The fourth-order valence-electron chi connectivity index (χ4n) is 4.34. The van der Waals surface area contributed by atoms with Gasteiger partial charge < -0.3 is 9.84 Å².